The van der Waals surface area contributed by atoms with E-state index in [2.05, 4.69) is 28.1 Å². The van der Waals surface area contributed by atoms with Gasteiger partial charge in [0.15, 0.2) is 0 Å². The van der Waals surface area contributed by atoms with Crippen LogP contribution in [0, 0.1) is 0 Å². The van der Waals surface area contributed by atoms with Gasteiger partial charge in [0.2, 0.25) is 0 Å². The highest BCUT2D eigenvalue weighted by atomic mass is 79.9. The van der Waals surface area contributed by atoms with Gasteiger partial charge in [-0.2, -0.15) is 0 Å². The summed E-state index contributed by atoms with van der Waals surface area (Å²) < 4.78 is 0. The normalized spacial score (nSPS) is 10.8. The van der Waals surface area contributed by atoms with Crippen molar-refractivity contribution in [3.63, 3.8) is 0 Å². The molecular formula is C10H12BrN. The van der Waals surface area contributed by atoms with Gasteiger partial charge in [0, 0.05) is 11.0 Å². The molecule has 0 fully saturated rings. The molecule has 12 heavy (non-hydrogen) atoms. The minimum atomic E-state index is 0.836. The van der Waals surface area contributed by atoms with Crippen LogP contribution in [-0.4, -0.2) is 5.33 Å². The Labute approximate surface area is 81.4 Å². The molecule has 0 saturated carbocycles. The van der Waals surface area contributed by atoms with Gasteiger partial charge in [-0.15, -0.1) is 0 Å². The molecule has 0 aliphatic rings. The fourth-order valence-corrected chi connectivity index (χ4v) is 1.20. The number of nitrogens with two attached hydrogens (primary N) is 1. The third kappa shape index (κ3) is 2.70. The van der Waals surface area contributed by atoms with Crippen molar-refractivity contribution < 1.29 is 0 Å². The number of para-hydroxylation sites is 1. The molecule has 0 bridgehead atoms. The van der Waals surface area contributed by atoms with Crippen molar-refractivity contribution in [2.45, 2.75) is 6.42 Å². The van der Waals surface area contributed by atoms with Crippen molar-refractivity contribution in [2.75, 3.05) is 11.1 Å². The smallest absolute Gasteiger partial charge is 0.0387 e. The molecule has 0 aliphatic heterocycles. The molecule has 0 amide bonds. The number of rotatable bonds is 3. The monoisotopic (exact) mass is 225 g/mol. The van der Waals surface area contributed by atoms with Crippen LogP contribution < -0.4 is 5.73 Å². The average Bonchev–Trinajstić information content (AvgIpc) is 2.09. The molecule has 64 valence electrons. The average molecular weight is 226 g/mol. The number of halogens is 1. The first-order chi connectivity index (χ1) is 5.84. The van der Waals surface area contributed by atoms with Crippen LogP contribution in [0.2, 0.25) is 0 Å². The summed E-state index contributed by atoms with van der Waals surface area (Å²) in [6.07, 6.45) is 5.20. The molecule has 2 heteroatoms. The molecule has 1 aromatic rings. The number of anilines is 1. The Morgan fingerprint density at radius 1 is 1.33 bits per heavy atom. The lowest BCUT2D eigenvalue weighted by Crippen LogP contribution is -1.87. The maximum atomic E-state index is 5.74. The van der Waals surface area contributed by atoms with E-state index < -0.39 is 0 Å². The second kappa shape index (κ2) is 4.99. The zero-order valence-corrected chi connectivity index (χ0v) is 8.42. The SMILES string of the molecule is Nc1ccccc1C=CCCBr. The second-order valence-corrected chi connectivity index (χ2v) is 3.30. The lowest BCUT2D eigenvalue weighted by molar-refractivity contribution is 1.27. The van der Waals surface area contributed by atoms with Crippen LogP contribution in [0.1, 0.15) is 12.0 Å². The third-order valence-electron chi connectivity index (χ3n) is 1.57. The zero-order valence-electron chi connectivity index (χ0n) is 6.83. The van der Waals surface area contributed by atoms with Crippen LogP contribution in [0.25, 0.3) is 6.08 Å². The highest BCUT2D eigenvalue weighted by Crippen LogP contribution is 2.12. The number of alkyl halides is 1. The summed E-state index contributed by atoms with van der Waals surface area (Å²) >= 11 is 3.36. The molecular weight excluding hydrogens is 214 g/mol. The minimum Gasteiger partial charge on any atom is -0.398 e. The molecule has 2 N–H and O–H groups in total. The van der Waals surface area contributed by atoms with E-state index in [1.807, 2.05) is 24.3 Å². The van der Waals surface area contributed by atoms with Crippen LogP contribution in [0.4, 0.5) is 5.69 Å². The molecule has 1 aromatic carbocycles. The van der Waals surface area contributed by atoms with Gasteiger partial charge in [-0.25, -0.2) is 0 Å². The predicted octanol–water partition coefficient (Wildman–Crippen LogP) is 3.07. The second-order valence-electron chi connectivity index (χ2n) is 2.51. The standard InChI is InChI=1S/C10H12BrN/c11-8-4-3-6-9-5-1-2-7-10(9)12/h1-3,5-7H,4,8,12H2. The summed E-state index contributed by atoms with van der Waals surface area (Å²) in [6, 6.07) is 7.86. The Kier molecular flexibility index (Phi) is 3.88. The van der Waals surface area contributed by atoms with E-state index >= 15 is 0 Å². The van der Waals surface area contributed by atoms with Gasteiger partial charge < -0.3 is 5.73 Å². The van der Waals surface area contributed by atoms with Crippen LogP contribution in [0.3, 0.4) is 0 Å². The van der Waals surface area contributed by atoms with Crippen LogP contribution >= 0.6 is 15.9 Å². The van der Waals surface area contributed by atoms with Crippen molar-refractivity contribution in [1.82, 2.24) is 0 Å². The summed E-state index contributed by atoms with van der Waals surface area (Å²) in [4.78, 5) is 0. The van der Waals surface area contributed by atoms with E-state index in [-0.39, 0.29) is 0 Å². The molecule has 0 saturated heterocycles. The van der Waals surface area contributed by atoms with Gasteiger partial charge in [-0.1, -0.05) is 46.3 Å². The lowest BCUT2D eigenvalue weighted by Gasteiger charge is -1.97. The van der Waals surface area contributed by atoms with Crippen molar-refractivity contribution in [1.29, 1.82) is 0 Å². The van der Waals surface area contributed by atoms with E-state index in [1.165, 1.54) is 0 Å². The number of benzene rings is 1. The van der Waals surface area contributed by atoms with E-state index in [9.17, 15) is 0 Å². The number of hydrogen-bond acceptors (Lipinski definition) is 1. The Hall–Kier alpha value is -0.760. The molecule has 0 heterocycles. The van der Waals surface area contributed by atoms with Gasteiger partial charge in [-0.05, 0) is 18.1 Å². The Morgan fingerprint density at radius 3 is 2.75 bits per heavy atom. The van der Waals surface area contributed by atoms with Gasteiger partial charge in [0.05, 0.1) is 0 Å². The number of allylic oxidation sites excluding steroid dienone is 1. The minimum absolute atomic E-state index is 0.836. The molecule has 0 spiro atoms. The Bertz CT molecular complexity index is 268. The first kappa shape index (κ1) is 9.33. The van der Waals surface area contributed by atoms with E-state index in [0.717, 1.165) is 23.0 Å². The zero-order chi connectivity index (χ0) is 8.81. The fourth-order valence-electron chi connectivity index (χ4n) is 0.936. The highest BCUT2D eigenvalue weighted by Gasteiger charge is 1.89. The van der Waals surface area contributed by atoms with Crippen molar-refractivity contribution in [2.24, 2.45) is 0 Å². The summed E-state index contributed by atoms with van der Waals surface area (Å²) in [5.41, 5.74) is 7.67. The van der Waals surface area contributed by atoms with Crippen LogP contribution in [0.5, 0.6) is 0 Å². The topological polar surface area (TPSA) is 26.0 Å². The first-order valence-corrected chi connectivity index (χ1v) is 5.04. The van der Waals surface area contributed by atoms with Crippen molar-refractivity contribution in [3.8, 4) is 0 Å². The molecule has 0 aromatic heterocycles. The maximum absolute atomic E-state index is 5.74. The highest BCUT2D eigenvalue weighted by molar-refractivity contribution is 9.09. The van der Waals surface area contributed by atoms with Crippen molar-refractivity contribution >= 4 is 27.7 Å². The summed E-state index contributed by atoms with van der Waals surface area (Å²) in [5.74, 6) is 0. The van der Waals surface area contributed by atoms with Crippen molar-refractivity contribution in [3.05, 3.63) is 35.9 Å². The van der Waals surface area contributed by atoms with Crippen LogP contribution in [-0.2, 0) is 0 Å². The molecule has 0 atom stereocenters. The first-order valence-electron chi connectivity index (χ1n) is 3.91. The number of nitrogen functional groups attached to an aromatic ring is 1. The van der Waals surface area contributed by atoms with E-state index in [4.69, 9.17) is 5.73 Å². The molecule has 1 nitrogen and oxygen atoms in total. The van der Waals surface area contributed by atoms with Crippen LogP contribution in [0.15, 0.2) is 30.3 Å². The largest absolute Gasteiger partial charge is 0.398 e. The maximum Gasteiger partial charge on any atom is 0.0387 e. The Balaban J connectivity index is 2.68. The predicted molar refractivity (Wildman–Crippen MR) is 58.3 cm³/mol. The molecule has 0 aliphatic carbocycles. The fraction of sp³-hybridized carbons (Fsp3) is 0.200. The summed E-state index contributed by atoms with van der Waals surface area (Å²) in [7, 11) is 0. The molecule has 0 radical (unpaired) electrons. The van der Waals surface area contributed by atoms with Gasteiger partial charge in [0.1, 0.15) is 0 Å². The van der Waals surface area contributed by atoms with E-state index in [1.54, 1.807) is 0 Å². The van der Waals surface area contributed by atoms with Gasteiger partial charge in [-0.3, -0.25) is 0 Å². The number of hydrogen-bond donors (Lipinski definition) is 1. The molecule has 1 rings (SSSR count). The van der Waals surface area contributed by atoms with Gasteiger partial charge >= 0.3 is 0 Å². The molecule has 0 unspecified atom stereocenters. The quantitative estimate of drug-likeness (QED) is 0.622. The lowest BCUT2D eigenvalue weighted by atomic mass is 10.1. The summed E-state index contributed by atoms with van der Waals surface area (Å²) in [5, 5.41) is 0.996. The van der Waals surface area contributed by atoms with E-state index in [0.29, 0.717) is 0 Å². The Morgan fingerprint density at radius 2 is 2.08 bits per heavy atom. The summed E-state index contributed by atoms with van der Waals surface area (Å²) in [6.45, 7) is 0. The third-order valence-corrected chi connectivity index (χ3v) is 2.03. The van der Waals surface area contributed by atoms with Gasteiger partial charge in [0.25, 0.3) is 0 Å².